The molecule has 2 N–H and O–H groups in total. The molecule has 0 unspecified atom stereocenters. The molecule has 1 aromatic heterocycles. The van der Waals surface area contributed by atoms with Crippen molar-refractivity contribution >= 4 is 16.7 Å². The summed E-state index contributed by atoms with van der Waals surface area (Å²) in [6, 6.07) is 19.0. The molecule has 0 saturated carbocycles. The summed E-state index contributed by atoms with van der Waals surface area (Å²) in [6.07, 6.45) is 0. The zero-order chi connectivity index (χ0) is 18.8. The third kappa shape index (κ3) is 3.20. The maximum atomic E-state index is 12.4. The van der Waals surface area contributed by atoms with Crippen LogP contribution in [-0.2, 0) is 11.3 Å². The molecule has 0 aliphatic carbocycles. The smallest absolute Gasteiger partial charge is 0.342 e. The Morgan fingerprint density at radius 1 is 0.963 bits per heavy atom. The normalized spacial score (nSPS) is 10.8. The van der Waals surface area contributed by atoms with Crippen molar-refractivity contribution in [3.05, 3.63) is 78.1 Å². The van der Waals surface area contributed by atoms with Crippen LogP contribution in [0.5, 0.6) is 11.5 Å². The van der Waals surface area contributed by atoms with Gasteiger partial charge in [-0.05, 0) is 6.07 Å². The van der Waals surface area contributed by atoms with Crippen molar-refractivity contribution in [3.8, 4) is 22.8 Å². The minimum atomic E-state index is -0.772. The molecule has 6 nitrogen and oxygen atoms in total. The van der Waals surface area contributed by atoms with Crippen LogP contribution in [0.2, 0.25) is 0 Å². The first-order valence-electron chi connectivity index (χ1n) is 8.25. The average molecular weight is 361 g/mol. The number of ether oxygens (including phenoxy) is 1. The topological polar surface area (TPSA) is 92.8 Å². The number of benzene rings is 3. The number of nitrogens with zero attached hydrogens (tertiary/aromatic N) is 1. The number of hydrogen-bond acceptors (Lipinski definition) is 6. The molecule has 4 aromatic rings. The Bertz CT molecular complexity index is 1120. The van der Waals surface area contributed by atoms with E-state index in [1.54, 1.807) is 30.3 Å². The van der Waals surface area contributed by atoms with Crippen LogP contribution in [0.1, 0.15) is 16.1 Å². The molecular weight excluding hydrogens is 346 g/mol. The quantitative estimate of drug-likeness (QED) is 0.417. The van der Waals surface area contributed by atoms with Crippen LogP contribution in [0.3, 0.4) is 0 Å². The van der Waals surface area contributed by atoms with E-state index in [1.165, 1.54) is 6.07 Å². The van der Waals surface area contributed by atoms with Crippen molar-refractivity contribution < 1.29 is 24.3 Å². The number of carbonyl (C=O) groups is 1. The van der Waals surface area contributed by atoms with Crippen molar-refractivity contribution in [2.45, 2.75) is 6.61 Å². The van der Waals surface area contributed by atoms with Crippen molar-refractivity contribution in [3.63, 3.8) is 0 Å². The Balaban J connectivity index is 1.53. The van der Waals surface area contributed by atoms with Crippen LogP contribution in [0.15, 0.2) is 71.3 Å². The molecule has 0 bridgehead atoms. The number of fused-ring (bicyclic) bond motifs is 1. The van der Waals surface area contributed by atoms with Gasteiger partial charge in [-0.3, -0.25) is 0 Å². The molecule has 0 atom stereocenters. The number of hydrogen-bond donors (Lipinski definition) is 2. The highest BCUT2D eigenvalue weighted by Gasteiger charge is 2.19. The molecule has 27 heavy (non-hydrogen) atoms. The Morgan fingerprint density at radius 2 is 1.67 bits per heavy atom. The van der Waals surface area contributed by atoms with Gasteiger partial charge in [0.2, 0.25) is 0 Å². The Kier molecular flexibility index (Phi) is 4.22. The second-order valence-electron chi connectivity index (χ2n) is 5.96. The maximum Gasteiger partial charge on any atom is 0.342 e. The largest absolute Gasteiger partial charge is 0.507 e. The first-order valence-corrected chi connectivity index (χ1v) is 8.25. The van der Waals surface area contributed by atoms with Crippen molar-refractivity contribution in [1.82, 2.24) is 5.16 Å². The van der Waals surface area contributed by atoms with E-state index in [4.69, 9.17) is 9.26 Å². The molecule has 134 valence electrons. The zero-order valence-electron chi connectivity index (χ0n) is 14.1. The number of aromatic hydroxyl groups is 2. The Hall–Kier alpha value is -3.80. The summed E-state index contributed by atoms with van der Waals surface area (Å²) in [4.78, 5) is 12.4. The number of esters is 1. The number of rotatable bonds is 4. The van der Waals surface area contributed by atoms with Gasteiger partial charge < -0.3 is 19.5 Å². The van der Waals surface area contributed by atoms with Crippen LogP contribution < -0.4 is 0 Å². The van der Waals surface area contributed by atoms with Gasteiger partial charge in [-0.15, -0.1) is 0 Å². The fourth-order valence-corrected chi connectivity index (χ4v) is 2.84. The lowest BCUT2D eigenvalue weighted by molar-refractivity contribution is 0.0434. The van der Waals surface area contributed by atoms with Gasteiger partial charge in [0.25, 0.3) is 0 Å². The molecule has 6 heteroatoms. The van der Waals surface area contributed by atoms with E-state index in [-0.39, 0.29) is 23.7 Å². The van der Waals surface area contributed by atoms with Crippen LogP contribution in [0.25, 0.3) is 22.0 Å². The minimum absolute atomic E-state index is 0.110. The summed E-state index contributed by atoms with van der Waals surface area (Å²) in [5.41, 5.74) is 1.40. The molecule has 0 aliphatic rings. The number of aromatic nitrogens is 1. The molecule has 0 saturated heterocycles. The van der Waals surface area contributed by atoms with Crippen LogP contribution in [0, 0.1) is 0 Å². The average Bonchev–Trinajstić information content (AvgIpc) is 3.19. The van der Waals surface area contributed by atoms with E-state index in [9.17, 15) is 15.0 Å². The summed E-state index contributed by atoms with van der Waals surface area (Å²) in [6.45, 7) is -0.147. The summed E-state index contributed by atoms with van der Waals surface area (Å²) in [7, 11) is 0. The number of phenolic OH excluding ortho intramolecular Hbond substituents is 2. The highest BCUT2D eigenvalue weighted by Crippen LogP contribution is 2.35. The molecule has 4 rings (SSSR count). The van der Waals surface area contributed by atoms with Gasteiger partial charge in [0.15, 0.2) is 12.4 Å². The van der Waals surface area contributed by atoms with Gasteiger partial charge in [0.1, 0.15) is 22.8 Å². The van der Waals surface area contributed by atoms with E-state index in [0.717, 1.165) is 5.56 Å². The number of phenols is 2. The van der Waals surface area contributed by atoms with Crippen LogP contribution >= 0.6 is 0 Å². The Morgan fingerprint density at radius 3 is 2.44 bits per heavy atom. The van der Waals surface area contributed by atoms with E-state index < -0.39 is 5.97 Å². The molecule has 0 amide bonds. The summed E-state index contributed by atoms with van der Waals surface area (Å²) >= 11 is 0. The predicted octanol–water partition coefficient (Wildman–Crippen LogP) is 4.26. The van der Waals surface area contributed by atoms with Crippen LogP contribution in [-0.4, -0.2) is 21.3 Å². The first-order chi connectivity index (χ1) is 13.1. The molecule has 3 aromatic carbocycles. The molecule has 1 heterocycles. The monoisotopic (exact) mass is 361 g/mol. The summed E-state index contributed by atoms with van der Waals surface area (Å²) in [5.74, 6) is -0.754. The van der Waals surface area contributed by atoms with E-state index in [0.29, 0.717) is 22.2 Å². The van der Waals surface area contributed by atoms with Crippen molar-refractivity contribution in [2.24, 2.45) is 0 Å². The second kappa shape index (κ2) is 6.84. The van der Waals surface area contributed by atoms with E-state index >= 15 is 0 Å². The lowest BCUT2D eigenvalue weighted by Gasteiger charge is -2.09. The highest BCUT2D eigenvalue weighted by molar-refractivity contribution is 6.03. The van der Waals surface area contributed by atoms with Gasteiger partial charge in [-0.2, -0.15) is 0 Å². The third-order valence-corrected chi connectivity index (χ3v) is 4.19. The second-order valence-corrected chi connectivity index (χ2v) is 5.96. The van der Waals surface area contributed by atoms with Gasteiger partial charge >= 0.3 is 5.97 Å². The minimum Gasteiger partial charge on any atom is -0.507 e. The van der Waals surface area contributed by atoms with Crippen molar-refractivity contribution in [2.75, 3.05) is 0 Å². The van der Waals surface area contributed by atoms with E-state index in [2.05, 4.69) is 5.16 Å². The van der Waals surface area contributed by atoms with Gasteiger partial charge in [0, 0.05) is 22.4 Å². The zero-order valence-corrected chi connectivity index (χ0v) is 14.1. The lowest BCUT2D eigenvalue weighted by Crippen LogP contribution is -2.05. The van der Waals surface area contributed by atoms with Gasteiger partial charge in [-0.1, -0.05) is 59.8 Å². The van der Waals surface area contributed by atoms with Gasteiger partial charge in [-0.25, -0.2) is 4.79 Å². The lowest BCUT2D eigenvalue weighted by atomic mass is 10.0. The molecule has 0 spiro atoms. The third-order valence-electron chi connectivity index (χ3n) is 4.19. The van der Waals surface area contributed by atoms with Crippen molar-refractivity contribution in [1.29, 1.82) is 0 Å². The first kappa shape index (κ1) is 16.7. The SMILES string of the molecule is O=C(OCc1cc(-c2ccccc2)no1)c1cc(O)c2ccccc2c1O. The highest BCUT2D eigenvalue weighted by atomic mass is 16.5. The van der Waals surface area contributed by atoms with Crippen LogP contribution in [0.4, 0.5) is 0 Å². The summed E-state index contributed by atoms with van der Waals surface area (Å²) in [5, 5.41) is 25.2. The molecule has 0 radical (unpaired) electrons. The summed E-state index contributed by atoms with van der Waals surface area (Å²) < 4.78 is 10.4. The standard InChI is InChI=1S/C21H15NO5/c23-19-11-17(20(24)16-9-5-4-8-15(16)19)21(25)26-12-14-10-18(22-27-14)13-6-2-1-3-7-13/h1-11,23-24H,12H2. The maximum absolute atomic E-state index is 12.4. The fourth-order valence-electron chi connectivity index (χ4n) is 2.84. The predicted molar refractivity (Wildman–Crippen MR) is 98.3 cm³/mol. The van der Waals surface area contributed by atoms with E-state index in [1.807, 2.05) is 30.3 Å². The molecular formula is C21H15NO5. The molecule has 0 aliphatic heterocycles. The fraction of sp³-hybridized carbons (Fsp3) is 0.0476. The van der Waals surface area contributed by atoms with Gasteiger partial charge in [0.05, 0.1) is 0 Å². The molecule has 0 fully saturated rings. The Labute approximate surface area is 154 Å². The number of carbonyl (C=O) groups excluding carboxylic acids is 1.